The highest BCUT2D eigenvalue weighted by molar-refractivity contribution is 7.89. The number of anilines is 2. The van der Waals surface area contributed by atoms with Gasteiger partial charge in [-0.05, 0) is 38.1 Å². The van der Waals surface area contributed by atoms with E-state index in [0.717, 1.165) is 12.8 Å². The fourth-order valence-corrected chi connectivity index (χ4v) is 2.66. The van der Waals surface area contributed by atoms with Gasteiger partial charge in [-0.2, -0.15) is 0 Å². The van der Waals surface area contributed by atoms with Crippen LogP contribution >= 0.6 is 0 Å². The summed E-state index contributed by atoms with van der Waals surface area (Å²) in [5.41, 5.74) is 7.07. The first kappa shape index (κ1) is 12.9. The van der Waals surface area contributed by atoms with E-state index in [0.29, 0.717) is 17.4 Å². The van der Waals surface area contributed by atoms with E-state index in [9.17, 15) is 8.42 Å². The SMILES string of the molecule is CNS(=O)(=O)c1ccc(N)c(NC2CC=CC2)c1. The lowest BCUT2D eigenvalue weighted by molar-refractivity contribution is 0.588. The minimum Gasteiger partial charge on any atom is -0.397 e. The molecule has 0 unspecified atom stereocenters. The van der Waals surface area contributed by atoms with Gasteiger partial charge in [-0.3, -0.25) is 0 Å². The Labute approximate surface area is 107 Å². The highest BCUT2D eigenvalue weighted by atomic mass is 32.2. The second kappa shape index (κ2) is 4.99. The van der Waals surface area contributed by atoms with Gasteiger partial charge in [0.1, 0.15) is 0 Å². The second-order valence-corrected chi connectivity index (χ2v) is 6.13. The summed E-state index contributed by atoms with van der Waals surface area (Å²) in [6, 6.07) is 4.97. The van der Waals surface area contributed by atoms with Crippen molar-refractivity contribution in [3.63, 3.8) is 0 Å². The van der Waals surface area contributed by atoms with Gasteiger partial charge in [0.15, 0.2) is 0 Å². The maximum atomic E-state index is 11.7. The Balaban J connectivity index is 2.27. The standard InChI is InChI=1S/C12H17N3O2S/c1-14-18(16,17)10-6-7-11(13)12(8-10)15-9-4-2-3-5-9/h2-3,6-9,14-15H,4-5,13H2,1H3. The molecule has 0 spiro atoms. The normalized spacial score (nSPS) is 16.1. The molecular weight excluding hydrogens is 250 g/mol. The van der Waals surface area contributed by atoms with E-state index >= 15 is 0 Å². The zero-order valence-corrected chi connectivity index (χ0v) is 11.0. The van der Waals surface area contributed by atoms with E-state index in [-0.39, 0.29) is 4.90 Å². The lowest BCUT2D eigenvalue weighted by atomic mass is 10.2. The number of nitrogens with one attached hydrogen (secondary N) is 2. The number of rotatable bonds is 4. The van der Waals surface area contributed by atoms with Gasteiger partial charge in [0.25, 0.3) is 0 Å². The summed E-state index contributed by atoms with van der Waals surface area (Å²) < 4.78 is 25.7. The molecule has 1 aromatic carbocycles. The molecule has 0 aliphatic heterocycles. The summed E-state index contributed by atoms with van der Waals surface area (Å²) in [7, 11) is -2.04. The Morgan fingerprint density at radius 2 is 1.94 bits per heavy atom. The van der Waals surface area contributed by atoms with Gasteiger partial charge in [-0.1, -0.05) is 12.2 Å². The molecular formula is C12H17N3O2S. The molecule has 1 aliphatic rings. The third kappa shape index (κ3) is 2.65. The number of sulfonamides is 1. The molecule has 0 aromatic heterocycles. The van der Waals surface area contributed by atoms with Crippen LogP contribution < -0.4 is 15.8 Å². The lowest BCUT2D eigenvalue weighted by Gasteiger charge is -2.16. The summed E-state index contributed by atoms with van der Waals surface area (Å²) in [6.07, 6.45) is 6.06. The molecule has 0 radical (unpaired) electrons. The Hall–Kier alpha value is -1.53. The molecule has 98 valence electrons. The molecule has 5 nitrogen and oxygen atoms in total. The van der Waals surface area contributed by atoms with Crippen LogP contribution in [0.1, 0.15) is 12.8 Å². The highest BCUT2D eigenvalue weighted by Crippen LogP contribution is 2.25. The van der Waals surface area contributed by atoms with Crippen molar-refractivity contribution in [1.29, 1.82) is 0 Å². The van der Waals surface area contributed by atoms with E-state index in [1.165, 1.54) is 13.1 Å². The minimum absolute atomic E-state index is 0.215. The second-order valence-electron chi connectivity index (χ2n) is 4.24. The van der Waals surface area contributed by atoms with Crippen molar-refractivity contribution in [2.45, 2.75) is 23.8 Å². The van der Waals surface area contributed by atoms with Gasteiger partial charge in [-0.25, -0.2) is 13.1 Å². The molecule has 0 saturated heterocycles. The summed E-state index contributed by atoms with van der Waals surface area (Å²) in [6.45, 7) is 0. The molecule has 0 atom stereocenters. The lowest BCUT2D eigenvalue weighted by Crippen LogP contribution is -2.20. The average molecular weight is 267 g/mol. The van der Waals surface area contributed by atoms with Crippen LogP contribution in [0.5, 0.6) is 0 Å². The number of nitrogen functional groups attached to an aromatic ring is 1. The van der Waals surface area contributed by atoms with E-state index in [2.05, 4.69) is 22.2 Å². The van der Waals surface area contributed by atoms with Crippen molar-refractivity contribution in [1.82, 2.24) is 4.72 Å². The topological polar surface area (TPSA) is 84.2 Å². The first-order valence-electron chi connectivity index (χ1n) is 5.77. The molecule has 0 bridgehead atoms. The van der Waals surface area contributed by atoms with Crippen molar-refractivity contribution >= 4 is 21.4 Å². The molecule has 2 rings (SSSR count). The zero-order chi connectivity index (χ0) is 13.2. The summed E-state index contributed by atoms with van der Waals surface area (Å²) in [5.74, 6) is 0. The predicted molar refractivity (Wildman–Crippen MR) is 72.9 cm³/mol. The van der Waals surface area contributed by atoms with Crippen molar-refractivity contribution in [2.75, 3.05) is 18.1 Å². The molecule has 0 heterocycles. The minimum atomic E-state index is -3.43. The Morgan fingerprint density at radius 1 is 1.28 bits per heavy atom. The molecule has 0 saturated carbocycles. The van der Waals surface area contributed by atoms with Crippen LogP contribution in [0.3, 0.4) is 0 Å². The Morgan fingerprint density at radius 3 is 2.56 bits per heavy atom. The Bertz CT molecular complexity index is 559. The number of nitrogens with two attached hydrogens (primary N) is 1. The van der Waals surface area contributed by atoms with Gasteiger partial charge in [0.2, 0.25) is 10.0 Å². The maximum Gasteiger partial charge on any atom is 0.240 e. The van der Waals surface area contributed by atoms with Gasteiger partial charge in [-0.15, -0.1) is 0 Å². The summed E-state index contributed by atoms with van der Waals surface area (Å²) >= 11 is 0. The number of hydrogen-bond donors (Lipinski definition) is 3. The first-order chi connectivity index (χ1) is 8.53. The van der Waals surface area contributed by atoms with Crippen LogP contribution in [0.4, 0.5) is 11.4 Å². The molecule has 4 N–H and O–H groups in total. The van der Waals surface area contributed by atoms with Crippen molar-refractivity contribution in [3.05, 3.63) is 30.4 Å². The zero-order valence-electron chi connectivity index (χ0n) is 10.2. The third-order valence-corrected chi connectivity index (χ3v) is 4.38. The van der Waals surface area contributed by atoms with E-state index < -0.39 is 10.0 Å². The Kier molecular flexibility index (Phi) is 3.58. The van der Waals surface area contributed by atoms with Crippen LogP contribution in [0.15, 0.2) is 35.2 Å². The quantitative estimate of drug-likeness (QED) is 0.567. The van der Waals surface area contributed by atoms with Crippen molar-refractivity contribution < 1.29 is 8.42 Å². The number of benzene rings is 1. The smallest absolute Gasteiger partial charge is 0.240 e. The van der Waals surface area contributed by atoms with Crippen LogP contribution in [0.25, 0.3) is 0 Å². The summed E-state index contributed by atoms with van der Waals surface area (Å²) in [5, 5.41) is 3.27. The van der Waals surface area contributed by atoms with Crippen LogP contribution in [-0.2, 0) is 10.0 Å². The van der Waals surface area contributed by atoms with Gasteiger partial charge in [0, 0.05) is 6.04 Å². The average Bonchev–Trinajstić information content (AvgIpc) is 2.84. The maximum absolute atomic E-state index is 11.7. The van der Waals surface area contributed by atoms with Crippen molar-refractivity contribution in [2.24, 2.45) is 0 Å². The first-order valence-corrected chi connectivity index (χ1v) is 7.26. The van der Waals surface area contributed by atoms with Crippen molar-refractivity contribution in [3.8, 4) is 0 Å². The molecule has 0 fully saturated rings. The molecule has 1 aliphatic carbocycles. The highest BCUT2D eigenvalue weighted by Gasteiger charge is 2.15. The van der Waals surface area contributed by atoms with Gasteiger partial charge < -0.3 is 11.1 Å². The van der Waals surface area contributed by atoms with E-state index in [1.54, 1.807) is 12.1 Å². The molecule has 0 amide bonds. The third-order valence-electron chi connectivity index (χ3n) is 2.97. The van der Waals surface area contributed by atoms with E-state index in [4.69, 9.17) is 5.73 Å². The molecule has 1 aromatic rings. The molecule has 6 heteroatoms. The predicted octanol–water partition coefficient (Wildman–Crippen LogP) is 1.31. The molecule has 18 heavy (non-hydrogen) atoms. The monoisotopic (exact) mass is 267 g/mol. The van der Waals surface area contributed by atoms with Crippen LogP contribution in [-0.4, -0.2) is 21.5 Å². The van der Waals surface area contributed by atoms with E-state index in [1.807, 2.05) is 0 Å². The fraction of sp³-hybridized carbons (Fsp3) is 0.333. The van der Waals surface area contributed by atoms with Gasteiger partial charge >= 0.3 is 0 Å². The van der Waals surface area contributed by atoms with Crippen LogP contribution in [0, 0.1) is 0 Å². The fourth-order valence-electron chi connectivity index (χ4n) is 1.90. The largest absolute Gasteiger partial charge is 0.397 e. The summed E-state index contributed by atoms with van der Waals surface area (Å²) in [4.78, 5) is 0.215. The van der Waals surface area contributed by atoms with Gasteiger partial charge in [0.05, 0.1) is 16.3 Å². The van der Waals surface area contributed by atoms with Crippen LogP contribution in [0.2, 0.25) is 0 Å². The number of hydrogen-bond acceptors (Lipinski definition) is 4.